The van der Waals surface area contributed by atoms with E-state index < -0.39 is 0 Å². The lowest BCUT2D eigenvalue weighted by Crippen LogP contribution is -2.10. The fourth-order valence-electron chi connectivity index (χ4n) is 1.28. The van der Waals surface area contributed by atoms with Crippen molar-refractivity contribution in [1.29, 1.82) is 0 Å². The molecule has 0 saturated heterocycles. The molecule has 0 aliphatic carbocycles. The Morgan fingerprint density at radius 1 is 1.50 bits per heavy atom. The van der Waals surface area contributed by atoms with Crippen molar-refractivity contribution in [1.82, 2.24) is 5.32 Å². The average molecular weight is 194 g/mol. The lowest BCUT2D eigenvalue weighted by Gasteiger charge is -2.02. The minimum absolute atomic E-state index is 0.207. The topological polar surface area (TPSA) is 55.2 Å². The van der Waals surface area contributed by atoms with Gasteiger partial charge in [-0.2, -0.15) is 0 Å². The predicted molar refractivity (Wildman–Crippen MR) is 55.5 cm³/mol. The zero-order valence-electron chi connectivity index (χ0n) is 8.41. The van der Waals surface area contributed by atoms with Crippen molar-refractivity contribution in [3.05, 3.63) is 39.4 Å². The van der Waals surface area contributed by atoms with E-state index >= 15 is 0 Å². The minimum Gasteiger partial charge on any atom is -0.319 e. The third kappa shape index (κ3) is 2.53. The first kappa shape index (κ1) is 10.7. The van der Waals surface area contributed by atoms with E-state index in [0.29, 0.717) is 5.56 Å². The van der Waals surface area contributed by atoms with Crippen LogP contribution in [0.2, 0.25) is 0 Å². The Balaban J connectivity index is 2.89. The molecule has 1 rings (SSSR count). The number of rotatable bonds is 4. The number of nitrogens with one attached hydrogen (secondary N) is 1. The van der Waals surface area contributed by atoms with Crippen LogP contribution in [-0.2, 0) is 6.42 Å². The molecule has 76 valence electrons. The van der Waals surface area contributed by atoms with Crippen LogP contribution in [0.5, 0.6) is 0 Å². The van der Waals surface area contributed by atoms with Crippen LogP contribution in [0.4, 0.5) is 5.69 Å². The average Bonchev–Trinajstić information content (AvgIpc) is 2.16. The first-order chi connectivity index (χ1) is 6.65. The number of aryl methyl sites for hydroxylation is 1. The van der Waals surface area contributed by atoms with Gasteiger partial charge in [0.2, 0.25) is 0 Å². The number of hydrogen-bond acceptors (Lipinski definition) is 3. The maximum Gasteiger partial charge on any atom is 0.272 e. The summed E-state index contributed by atoms with van der Waals surface area (Å²) >= 11 is 0. The number of nitrogens with zero attached hydrogens (tertiary/aromatic N) is 1. The van der Waals surface area contributed by atoms with E-state index in [0.717, 1.165) is 18.5 Å². The molecule has 0 saturated carbocycles. The predicted octanol–water partition coefficient (Wildman–Crippen LogP) is 1.67. The Bertz CT molecular complexity index is 337. The second kappa shape index (κ2) is 4.72. The highest BCUT2D eigenvalue weighted by molar-refractivity contribution is 5.42. The van der Waals surface area contributed by atoms with Gasteiger partial charge in [0.25, 0.3) is 5.69 Å². The monoisotopic (exact) mass is 194 g/mol. The van der Waals surface area contributed by atoms with Crippen molar-refractivity contribution in [2.45, 2.75) is 13.3 Å². The first-order valence-corrected chi connectivity index (χ1v) is 4.53. The van der Waals surface area contributed by atoms with Gasteiger partial charge in [-0.15, -0.1) is 0 Å². The van der Waals surface area contributed by atoms with Crippen molar-refractivity contribution >= 4 is 5.69 Å². The molecule has 1 aromatic rings. The number of likely N-dealkylation sites (N-methyl/N-ethyl adjacent to an activating group) is 1. The maximum absolute atomic E-state index is 10.6. The fourth-order valence-corrected chi connectivity index (χ4v) is 1.28. The molecule has 0 unspecified atom stereocenters. The summed E-state index contributed by atoms with van der Waals surface area (Å²) in [6.45, 7) is 2.58. The van der Waals surface area contributed by atoms with Crippen LogP contribution in [-0.4, -0.2) is 18.5 Å². The first-order valence-electron chi connectivity index (χ1n) is 4.53. The second-order valence-electron chi connectivity index (χ2n) is 3.23. The Kier molecular flexibility index (Phi) is 3.59. The second-order valence-corrected chi connectivity index (χ2v) is 3.23. The van der Waals surface area contributed by atoms with Gasteiger partial charge in [-0.25, -0.2) is 0 Å². The molecule has 4 heteroatoms. The highest BCUT2D eigenvalue weighted by atomic mass is 16.6. The number of nitro groups is 1. The Morgan fingerprint density at radius 2 is 2.21 bits per heavy atom. The zero-order chi connectivity index (χ0) is 10.6. The number of benzene rings is 1. The van der Waals surface area contributed by atoms with E-state index in [1.807, 2.05) is 13.1 Å². The van der Waals surface area contributed by atoms with Gasteiger partial charge in [0, 0.05) is 11.6 Å². The van der Waals surface area contributed by atoms with Gasteiger partial charge >= 0.3 is 0 Å². The standard InChI is InChI=1S/C10H14N2O2/c1-8-3-4-9(5-6-11-2)7-10(8)12(13)14/h3-4,7,11H,5-6H2,1-2H3. The lowest BCUT2D eigenvalue weighted by molar-refractivity contribution is -0.385. The largest absolute Gasteiger partial charge is 0.319 e. The van der Waals surface area contributed by atoms with E-state index in [-0.39, 0.29) is 10.6 Å². The molecule has 0 atom stereocenters. The van der Waals surface area contributed by atoms with Crippen LogP contribution in [0.1, 0.15) is 11.1 Å². The summed E-state index contributed by atoms with van der Waals surface area (Å²) in [5.41, 5.74) is 1.92. The van der Waals surface area contributed by atoms with Crippen LogP contribution in [0.25, 0.3) is 0 Å². The van der Waals surface area contributed by atoms with Crippen molar-refractivity contribution in [3.8, 4) is 0 Å². The minimum atomic E-state index is -0.335. The van der Waals surface area contributed by atoms with E-state index in [4.69, 9.17) is 0 Å². The summed E-state index contributed by atoms with van der Waals surface area (Å²) in [5.74, 6) is 0. The van der Waals surface area contributed by atoms with Crippen LogP contribution in [0, 0.1) is 17.0 Å². The number of hydrogen-bond donors (Lipinski definition) is 1. The molecular weight excluding hydrogens is 180 g/mol. The van der Waals surface area contributed by atoms with Crippen molar-refractivity contribution < 1.29 is 4.92 Å². The van der Waals surface area contributed by atoms with Crippen LogP contribution >= 0.6 is 0 Å². The number of nitro benzene ring substituents is 1. The molecule has 1 aromatic carbocycles. The Hall–Kier alpha value is -1.42. The molecule has 0 fully saturated rings. The van der Waals surface area contributed by atoms with Crippen molar-refractivity contribution in [3.63, 3.8) is 0 Å². The lowest BCUT2D eigenvalue weighted by atomic mass is 10.1. The van der Waals surface area contributed by atoms with Gasteiger partial charge in [0.1, 0.15) is 0 Å². The molecule has 0 heterocycles. The molecule has 4 nitrogen and oxygen atoms in total. The van der Waals surface area contributed by atoms with Gasteiger partial charge in [0.05, 0.1) is 4.92 Å². The summed E-state index contributed by atoms with van der Waals surface area (Å²) in [4.78, 5) is 10.3. The zero-order valence-corrected chi connectivity index (χ0v) is 8.41. The van der Waals surface area contributed by atoms with Gasteiger partial charge in [-0.3, -0.25) is 10.1 Å². The molecule has 1 N–H and O–H groups in total. The molecule has 14 heavy (non-hydrogen) atoms. The van der Waals surface area contributed by atoms with E-state index in [1.165, 1.54) is 0 Å². The van der Waals surface area contributed by atoms with Gasteiger partial charge in [0.15, 0.2) is 0 Å². The van der Waals surface area contributed by atoms with Crippen molar-refractivity contribution in [2.75, 3.05) is 13.6 Å². The molecule has 0 aliphatic heterocycles. The summed E-state index contributed by atoms with van der Waals surface area (Å²) in [7, 11) is 1.86. The third-order valence-corrected chi connectivity index (χ3v) is 2.13. The summed E-state index contributed by atoms with van der Waals surface area (Å²) in [6, 6.07) is 5.37. The highest BCUT2D eigenvalue weighted by Gasteiger charge is 2.10. The van der Waals surface area contributed by atoms with E-state index in [9.17, 15) is 10.1 Å². The van der Waals surface area contributed by atoms with E-state index in [1.54, 1.807) is 19.1 Å². The summed E-state index contributed by atoms with van der Waals surface area (Å²) in [6.07, 6.45) is 0.817. The van der Waals surface area contributed by atoms with Crippen LogP contribution in [0.15, 0.2) is 18.2 Å². The Labute approximate surface area is 83.1 Å². The van der Waals surface area contributed by atoms with Crippen LogP contribution < -0.4 is 5.32 Å². The third-order valence-electron chi connectivity index (χ3n) is 2.13. The SMILES string of the molecule is CNCCc1ccc(C)c([N+](=O)[O-])c1. The quantitative estimate of drug-likeness (QED) is 0.586. The summed E-state index contributed by atoms with van der Waals surface area (Å²) < 4.78 is 0. The molecule has 0 radical (unpaired) electrons. The van der Waals surface area contributed by atoms with Gasteiger partial charge < -0.3 is 5.32 Å². The van der Waals surface area contributed by atoms with E-state index in [2.05, 4.69) is 5.32 Å². The smallest absolute Gasteiger partial charge is 0.272 e. The summed E-state index contributed by atoms with van der Waals surface area (Å²) in [5, 5.41) is 13.6. The van der Waals surface area contributed by atoms with Gasteiger partial charge in [-0.05, 0) is 32.5 Å². The van der Waals surface area contributed by atoms with Crippen molar-refractivity contribution in [2.24, 2.45) is 0 Å². The normalized spacial score (nSPS) is 10.1. The molecule has 0 aliphatic rings. The molecule has 0 amide bonds. The molecule has 0 bridgehead atoms. The maximum atomic E-state index is 10.6. The Morgan fingerprint density at radius 3 is 2.79 bits per heavy atom. The highest BCUT2D eigenvalue weighted by Crippen LogP contribution is 2.19. The molecular formula is C10H14N2O2. The fraction of sp³-hybridized carbons (Fsp3) is 0.400. The van der Waals surface area contributed by atoms with Crippen LogP contribution in [0.3, 0.4) is 0 Å². The molecule has 0 spiro atoms. The molecule has 0 aromatic heterocycles. The van der Waals surface area contributed by atoms with Gasteiger partial charge in [-0.1, -0.05) is 12.1 Å².